The number of carbonyl (C=O) groups is 2. The predicted octanol–water partition coefficient (Wildman–Crippen LogP) is 1.20. The average molecular weight is 264 g/mol. The molecule has 1 fully saturated rings. The van der Waals surface area contributed by atoms with Gasteiger partial charge in [-0.25, -0.2) is 0 Å². The zero-order valence-corrected chi connectivity index (χ0v) is 10.4. The number of esters is 1. The van der Waals surface area contributed by atoms with Crippen molar-refractivity contribution in [3.8, 4) is 0 Å². The first-order chi connectivity index (χ1) is 9.08. The molecular formula is C14H16O5. The van der Waals surface area contributed by atoms with Crippen LogP contribution < -0.4 is 0 Å². The van der Waals surface area contributed by atoms with Gasteiger partial charge in [-0.2, -0.15) is 0 Å². The Morgan fingerprint density at radius 1 is 1.16 bits per heavy atom. The number of ether oxygens (including phenoxy) is 1. The minimum Gasteiger partial charge on any atom is -0.481 e. The van der Waals surface area contributed by atoms with Gasteiger partial charge in [0.1, 0.15) is 6.61 Å². The Balaban J connectivity index is 1.94. The third-order valence-electron chi connectivity index (χ3n) is 3.38. The number of carboxylic acid groups (broad SMARTS) is 1. The van der Waals surface area contributed by atoms with E-state index < -0.39 is 29.9 Å². The van der Waals surface area contributed by atoms with Crippen molar-refractivity contribution in [3.05, 3.63) is 35.9 Å². The van der Waals surface area contributed by atoms with Crippen LogP contribution in [0, 0.1) is 11.8 Å². The number of aliphatic hydroxyl groups excluding tert-OH is 1. The lowest BCUT2D eigenvalue weighted by Gasteiger charge is -2.14. The quantitative estimate of drug-likeness (QED) is 0.798. The highest BCUT2D eigenvalue weighted by Crippen LogP contribution is 2.33. The van der Waals surface area contributed by atoms with Crippen LogP contribution >= 0.6 is 0 Å². The maximum atomic E-state index is 11.9. The summed E-state index contributed by atoms with van der Waals surface area (Å²) in [6, 6.07) is 9.18. The van der Waals surface area contributed by atoms with E-state index in [0.29, 0.717) is 0 Å². The van der Waals surface area contributed by atoms with E-state index in [2.05, 4.69) is 0 Å². The van der Waals surface area contributed by atoms with Crippen LogP contribution in [0.3, 0.4) is 0 Å². The average Bonchev–Trinajstić information content (AvgIpc) is 2.79. The van der Waals surface area contributed by atoms with Gasteiger partial charge in [-0.1, -0.05) is 30.3 Å². The number of aliphatic carboxylic acids is 1. The van der Waals surface area contributed by atoms with E-state index in [9.17, 15) is 14.7 Å². The molecule has 5 nitrogen and oxygen atoms in total. The van der Waals surface area contributed by atoms with Gasteiger partial charge in [-0.05, 0) is 18.4 Å². The summed E-state index contributed by atoms with van der Waals surface area (Å²) in [4.78, 5) is 22.9. The van der Waals surface area contributed by atoms with E-state index in [0.717, 1.165) is 5.56 Å². The molecule has 0 aliphatic heterocycles. The number of carboxylic acids is 1. The molecule has 102 valence electrons. The van der Waals surface area contributed by atoms with Crippen LogP contribution in [-0.4, -0.2) is 28.3 Å². The van der Waals surface area contributed by atoms with Crippen LogP contribution in [0.1, 0.15) is 18.4 Å². The van der Waals surface area contributed by atoms with Gasteiger partial charge in [0.15, 0.2) is 0 Å². The van der Waals surface area contributed by atoms with Gasteiger partial charge >= 0.3 is 11.9 Å². The molecule has 1 saturated carbocycles. The third kappa shape index (κ3) is 3.32. The van der Waals surface area contributed by atoms with Crippen LogP contribution in [0.5, 0.6) is 0 Å². The number of aliphatic hydroxyl groups is 1. The van der Waals surface area contributed by atoms with E-state index >= 15 is 0 Å². The van der Waals surface area contributed by atoms with E-state index in [4.69, 9.17) is 9.84 Å². The van der Waals surface area contributed by atoms with Gasteiger partial charge in [0.25, 0.3) is 0 Å². The first-order valence-corrected chi connectivity index (χ1v) is 6.19. The second-order valence-corrected chi connectivity index (χ2v) is 4.77. The molecule has 0 radical (unpaired) electrons. The molecule has 0 aromatic heterocycles. The fraction of sp³-hybridized carbons (Fsp3) is 0.429. The summed E-state index contributed by atoms with van der Waals surface area (Å²) in [5.74, 6) is -3.21. The van der Waals surface area contributed by atoms with Crippen molar-refractivity contribution in [3.63, 3.8) is 0 Å². The predicted molar refractivity (Wildman–Crippen MR) is 66.1 cm³/mol. The molecule has 3 atom stereocenters. The van der Waals surface area contributed by atoms with Crippen LogP contribution in [-0.2, 0) is 20.9 Å². The largest absolute Gasteiger partial charge is 0.481 e. The Morgan fingerprint density at radius 2 is 1.79 bits per heavy atom. The molecular weight excluding hydrogens is 248 g/mol. The highest BCUT2D eigenvalue weighted by Gasteiger charge is 2.43. The van der Waals surface area contributed by atoms with Crippen LogP contribution in [0.15, 0.2) is 30.3 Å². The Hall–Kier alpha value is -1.88. The second-order valence-electron chi connectivity index (χ2n) is 4.77. The number of rotatable bonds is 4. The third-order valence-corrected chi connectivity index (χ3v) is 3.38. The van der Waals surface area contributed by atoms with E-state index in [-0.39, 0.29) is 19.4 Å². The Bertz CT molecular complexity index is 456. The SMILES string of the molecule is O=C(O)[C@H]1C[C@@H](O)C[C@@H]1C(=O)OCc1ccccc1. The van der Waals surface area contributed by atoms with Gasteiger partial charge in [0, 0.05) is 0 Å². The Labute approximate surface area is 110 Å². The molecule has 19 heavy (non-hydrogen) atoms. The molecule has 1 aliphatic carbocycles. The molecule has 0 unspecified atom stereocenters. The van der Waals surface area contributed by atoms with Crippen molar-refractivity contribution in [1.82, 2.24) is 0 Å². The maximum absolute atomic E-state index is 11.9. The molecule has 2 rings (SSSR count). The fourth-order valence-electron chi connectivity index (χ4n) is 2.38. The van der Waals surface area contributed by atoms with Crippen molar-refractivity contribution in [2.24, 2.45) is 11.8 Å². The standard InChI is InChI=1S/C14H16O5/c15-10-6-11(13(16)17)12(7-10)14(18)19-8-9-4-2-1-3-5-9/h1-5,10-12,15H,6-8H2,(H,16,17)/t10-,11+,12+/m1/s1. The maximum Gasteiger partial charge on any atom is 0.310 e. The molecule has 5 heteroatoms. The summed E-state index contributed by atoms with van der Waals surface area (Å²) in [5.41, 5.74) is 0.848. The lowest BCUT2D eigenvalue weighted by atomic mass is 9.96. The summed E-state index contributed by atoms with van der Waals surface area (Å²) in [5, 5.41) is 18.5. The smallest absolute Gasteiger partial charge is 0.310 e. The highest BCUT2D eigenvalue weighted by atomic mass is 16.5. The van der Waals surface area contributed by atoms with Gasteiger partial charge in [-0.3, -0.25) is 9.59 Å². The molecule has 1 aliphatic rings. The van der Waals surface area contributed by atoms with Gasteiger partial charge in [0.2, 0.25) is 0 Å². The van der Waals surface area contributed by atoms with E-state index in [1.165, 1.54) is 0 Å². The number of hydrogen-bond donors (Lipinski definition) is 2. The topological polar surface area (TPSA) is 83.8 Å². The summed E-state index contributed by atoms with van der Waals surface area (Å²) in [6.45, 7) is 0.124. The minimum atomic E-state index is -1.06. The van der Waals surface area contributed by atoms with Crippen molar-refractivity contribution in [2.75, 3.05) is 0 Å². The molecule has 2 N–H and O–H groups in total. The molecule has 0 spiro atoms. The molecule has 1 aromatic carbocycles. The summed E-state index contributed by atoms with van der Waals surface area (Å²) in [7, 11) is 0. The van der Waals surface area contributed by atoms with E-state index in [1.54, 1.807) is 0 Å². The lowest BCUT2D eigenvalue weighted by Crippen LogP contribution is -2.26. The van der Waals surface area contributed by atoms with Crippen molar-refractivity contribution < 1.29 is 24.5 Å². The fourth-order valence-corrected chi connectivity index (χ4v) is 2.38. The van der Waals surface area contributed by atoms with Gasteiger partial charge in [-0.15, -0.1) is 0 Å². The van der Waals surface area contributed by atoms with Gasteiger partial charge < -0.3 is 14.9 Å². The molecule has 1 aromatic rings. The number of carbonyl (C=O) groups excluding carboxylic acids is 1. The van der Waals surface area contributed by atoms with Crippen molar-refractivity contribution in [1.29, 1.82) is 0 Å². The van der Waals surface area contributed by atoms with Crippen LogP contribution in [0.2, 0.25) is 0 Å². The summed E-state index contributed by atoms with van der Waals surface area (Å²) in [6.07, 6.45) is -0.472. The minimum absolute atomic E-state index is 0.112. The van der Waals surface area contributed by atoms with E-state index in [1.807, 2.05) is 30.3 Å². The molecule has 0 amide bonds. The monoisotopic (exact) mass is 264 g/mol. The molecule has 0 saturated heterocycles. The first-order valence-electron chi connectivity index (χ1n) is 6.19. The molecule has 0 heterocycles. The Kier molecular flexibility index (Phi) is 4.16. The lowest BCUT2D eigenvalue weighted by molar-refractivity contribution is -0.157. The second kappa shape index (κ2) is 5.84. The Morgan fingerprint density at radius 3 is 2.42 bits per heavy atom. The summed E-state index contributed by atoms with van der Waals surface area (Å²) >= 11 is 0. The normalized spacial score (nSPS) is 26.1. The zero-order valence-electron chi connectivity index (χ0n) is 10.4. The van der Waals surface area contributed by atoms with Crippen molar-refractivity contribution in [2.45, 2.75) is 25.6 Å². The van der Waals surface area contributed by atoms with Gasteiger partial charge in [0.05, 0.1) is 17.9 Å². The van der Waals surface area contributed by atoms with Crippen LogP contribution in [0.4, 0.5) is 0 Å². The number of benzene rings is 1. The summed E-state index contributed by atoms with van der Waals surface area (Å²) < 4.78 is 5.13. The van der Waals surface area contributed by atoms with Crippen molar-refractivity contribution >= 4 is 11.9 Å². The zero-order chi connectivity index (χ0) is 13.8. The first kappa shape index (κ1) is 13.5. The highest BCUT2D eigenvalue weighted by molar-refractivity contribution is 5.81. The number of hydrogen-bond acceptors (Lipinski definition) is 4. The van der Waals surface area contributed by atoms with Crippen LogP contribution in [0.25, 0.3) is 0 Å². The molecule has 0 bridgehead atoms.